The maximum Gasteiger partial charge on any atom is 0.223 e. The Morgan fingerprint density at radius 1 is 1.58 bits per heavy atom. The first-order chi connectivity index (χ1) is 9.19. The molecule has 0 aromatic carbocycles. The van der Waals surface area contributed by atoms with Crippen molar-refractivity contribution < 1.29 is 9.84 Å². The van der Waals surface area contributed by atoms with E-state index in [0.717, 1.165) is 16.0 Å². The van der Waals surface area contributed by atoms with Gasteiger partial charge in [0.2, 0.25) is 5.95 Å². The molecule has 2 aromatic heterocycles. The van der Waals surface area contributed by atoms with Crippen LogP contribution in [0.25, 0.3) is 10.2 Å². The second kappa shape index (κ2) is 4.92. The number of thiophene rings is 1. The normalized spacial score (nSPS) is 20.1. The molecule has 1 saturated heterocycles. The molecule has 19 heavy (non-hydrogen) atoms. The van der Waals surface area contributed by atoms with Crippen LogP contribution in [0.4, 0.5) is 11.8 Å². The third kappa shape index (κ3) is 2.24. The van der Waals surface area contributed by atoms with Crippen LogP contribution in [0, 0.1) is 6.92 Å². The summed E-state index contributed by atoms with van der Waals surface area (Å²) in [6.45, 7) is 3.91. The lowest BCUT2D eigenvalue weighted by Crippen LogP contribution is -2.48. The minimum absolute atomic E-state index is 0.0362. The third-order valence-electron chi connectivity index (χ3n) is 3.22. The fourth-order valence-electron chi connectivity index (χ4n) is 2.35. The van der Waals surface area contributed by atoms with Crippen LogP contribution in [0.5, 0.6) is 0 Å². The molecule has 3 N–H and O–H groups in total. The Morgan fingerprint density at radius 2 is 2.42 bits per heavy atom. The number of nitrogens with two attached hydrogens (primary N) is 1. The number of morpholine rings is 1. The molecule has 102 valence electrons. The van der Waals surface area contributed by atoms with Gasteiger partial charge in [-0.05, 0) is 13.0 Å². The summed E-state index contributed by atoms with van der Waals surface area (Å²) in [6, 6.07) is 1.99. The highest BCUT2D eigenvalue weighted by molar-refractivity contribution is 7.18. The molecule has 3 heterocycles. The molecule has 3 rings (SSSR count). The zero-order valence-corrected chi connectivity index (χ0v) is 11.5. The molecule has 0 amide bonds. The Labute approximate surface area is 114 Å². The molecule has 1 aliphatic heterocycles. The minimum Gasteiger partial charge on any atom is -0.394 e. The number of hydrogen-bond acceptors (Lipinski definition) is 7. The molecule has 1 aliphatic rings. The van der Waals surface area contributed by atoms with E-state index in [-0.39, 0.29) is 18.6 Å². The predicted molar refractivity (Wildman–Crippen MR) is 75.6 cm³/mol. The molecule has 7 heteroatoms. The molecular formula is C12H16N4O2S. The summed E-state index contributed by atoms with van der Waals surface area (Å²) in [5, 5.41) is 10.5. The fraction of sp³-hybridized carbons (Fsp3) is 0.500. The van der Waals surface area contributed by atoms with Gasteiger partial charge < -0.3 is 20.5 Å². The molecule has 1 atom stereocenters. The Kier molecular flexibility index (Phi) is 3.26. The van der Waals surface area contributed by atoms with Gasteiger partial charge in [0.05, 0.1) is 31.2 Å². The number of anilines is 2. The van der Waals surface area contributed by atoms with Gasteiger partial charge in [-0.25, -0.2) is 4.98 Å². The minimum atomic E-state index is -0.0774. The molecule has 1 unspecified atom stereocenters. The molecule has 1 fully saturated rings. The highest BCUT2D eigenvalue weighted by Gasteiger charge is 2.26. The van der Waals surface area contributed by atoms with Crippen molar-refractivity contribution in [2.24, 2.45) is 0 Å². The zero-order valence-electron chi connectivity index (χ0n) is 10.7. The highest BCUT2D eigenvalue weighted by atomic mass is 32.1. The van der Waals surface area contributed by atoms with Gasteiger partial charge in [-0.1, -0.05) is 0 Å². The number of fused-ring (bicyclic) bond motifs is 1. The Morgan fingerprint density at radius 3 is 3.21 bits per heavy atom. The van der Waals surface area contributed by atoms with Crippen LogP contribution in [0.1, 0.15) is 4.88 Å². The number of aryl methyl sites for hydroxylation is 1. The van der Waals surface area contributed by atoms with Crippen LogP contribution in [0.15, 0.2) is 6.07 Å². The van der Waals surface area contributed by atoms with Gasteiger partial charge in [0.25, 0.3) is 0 Å². The molecule has 0 bridgehead atoms. The van der Waals surface area contributed by atoms with E-state index >= 15 is 0 Å². The first-order valence-electron chi connectivity index (χ1n) is 6.18. The van der Waals surface area contributed by atoms with Gasteiger partial charge in [0.1, 0.15) is 10.6 Å². The molecule has 0 spiro atoms. The Bertz CT molecular complexity index is 601. The van der Waals surface area contributed by atoms with Gasteiger partial charge in [-0.2, -0.15) is 4.98 Å². The summed E-state index contributed by atoms with van der Waals surface area (Å²) in [7, 11) is 0. The van der Waals surface area contributed by atoms with Crippen LogP contribution >= 0.6 is 11.3 Å². The van der Waals surface area contributed by atoms with Gasteiger partial charge >= 0.3 is 0 Å². The van der Waals surface area contributed by atoms with Crippen LogP contribution in [-0.4, -0.2) is 47.5 Å². The number of nitrogen functional groups attached to an aromatic ring is 1. The van der Waals surface area contributed by atoms with Crippen molar-refractivity contribution in [1.29, 1.82) is 0 Å². The lowest BCUT2D eigenvalue weighted by Gasteiger charge is -2.35. The van der Waals surface area contributed by atoms with Crippen molar-refractivity contribution in [3.63, 3.8) is 0 Å². The number of hydrogen-bond donors (Lipinski definition) is 2. The fourth-order valence-corrected chi connectivity index (χ4v) is 3.23. The van der Waals surface area contributed by atoms with E-state index in [4.69, 9.17) is 10.5 Å². The number of nitrogens with zero attached hydrogens (tertiary/aromatic N) is 3. The highest BCUT2D eigenvalue weighted by Crippen LogP contribution is 2.32. The maximum absolute atomic E-state index is 9.48. The summed E-state index contributed by atoms with van der Waals surface area (Å²) in [4.78, 5) is 12.8. The van der Waals surface area contributed by atoms with E-state index in [2.05, 4.69) is 20.9 Å². The van der Waals surface area contributed by atoms with Crippen molar-refractivity contribution >= 4 is 33.3 Å². The first-order valence-corrected chi connectivity index (χ1v) is 6.99. The summed E-state index contributed by atoms with van der Waals surface area (Å²) in [5.41, 5.74) is 5.79. The standard InChI is InChI=1S/C12H16N4O2S/c1-7-4-9-10(14-12(13)15-11(9)19-7)16-2-3-18-6-8(16)5-17/h4,8,17H,2-3,5-6H2,1H3,(H2,13,14,15). The van der Waals surface area contributed by atoms with E-state index in [1.807, 2.05) is 6.92 Å². The van der Waals surface area contributed by atoms with Crippen molar-refractivity contribution in [2.45, 2.75) is 13.0 Å². The first kappa shape index (κ1) is 12.6. The van der Waals surface area contributed by atoms with Crippen LogP contribution in [-0.2, 0) is 4.74 Å². The largest absolute Gasteiger partial charge is 0.394 e. The Balaban J connectivity index is 2.12. The average Bonchev–Trinajstić information content (AvgIpc) is 2.77. The number of ether oxygens (including phenoxy) is 1. The van der Waals surface area contributed by atoms with Crippen molar-refractivity contribution in [1.82, 2.24) is 9.97 Å². The van der Waals surface area contributed by atoms with Gasteiger partial charge in [-0.15, -0.1) is 11.3 Å². The molecular weight excluding hydrogens is 264 g/mol. The number of aromatic nitrogens is 2. The lowest BCUT2D eigenvalue weighted by molar-refractivity contribution is 0.0724. The summed E-state index contributed by atoms with van der Waals surface area (Å²) < 4.78 is 5.40. The summed E-state index contributed by atoms with van der Waals surface area (Å²) >= 11 is 1.60. The third-order valence-corrected chi connectivity index (χ3v) is 4.17. The smallest absolute Gasteiger partial charge is 0.223 e. The SMILES string of the molecule is Cc1cc2c(N3CCOCC3CO)nc(N)nc2s1. The molecule has 6 nitrogen and oxygen atoms in total. The van der Waals surface area contributed by atoms with Crippen LogP contribution in [0.3, 0.4) is 0 Å². The Hall–Kier alpha value is -1.44. The van der Waals surface area contributed by atoms with Crippen molar-refractivity contribution in [3.05, 3.63) is 10.9 Å². The molecule has 0 aliphatic carbocycles. The average molecular weight is 280 g/mol. The number of aliphatic hydroxyl groups excluding tert-OH is 1. The van der Waals surface area contributed by atoms with Crippen molar-refractivity contribution in [3.8, 4) is 0 Å². The van der Waals surface area contributed by atoms with Gasteiger partial charge in [-0.3, -0.25) is 0 Å². The quantitative estimate of drug-likeness (QED) is 0.845. The second-order valence-electron chi connectivity index (χ2n) is 4.59. The van der Waals surface area contributed by atoms with Gasteiger partial charge in [0, 0.05) is 11.4 Å². The number of rotatable bonds is 2. The molecule has 0 saturated carbocycles. The van der Waals surface area contributed by atoms with Crippen molar-refractivity contribution in [2.75, 3.05) is 37.0 Å². The van der Waals surface area contributed by atoms with E-state index in [1.54, 1.807) is 11.3 Å². The van der Waals surface area contributed by atoms with E-state index in [1.165, 1.54) is 4.88 Å². The number of aliphatic hydroxyl groups is 1. The zero-order chi connectivity index (χ0) is 13.4. The monoisotopic (exact) mass is 280 g/mol. The lowest BCUT2D eigenvalue weighted by atomic mass is 10.2. The summed E-state index contributed by atoms with van der Waals surface area (Å²) in [5.74, 6) is 1.07. The second-order valence-corrected chi connectivity index (χ2v) is 5.82. The topological polar surface area (TPSA) is 84.5 Å². The van der Waals surface area contributed by atoms with Crippen LogP contribution in [0.2, 0.25) is 0 Å². The predicted octanol–water partition coefficient (Wildman–Crippen LogP) is 0.779. The maximum atomic E-state index is 9.48. The van der Waals surface area contributed by atoms with Gasteiger partial charge in [0.15, 0.2) is 0 Å². The van der Waals surface area contributed by atoms with Crippen LogP contribution < -0.4 is 10.6 Å². The summed E-state index contributed by atoms with van der Waals surface area (Å²) in [6.07, 6.45) is 0. The van der Waals surface area contributed by atoms with E-state index < -0.39 is 0 Å². The molecule has 0 radical (unpaired) electrons. The molecule has 2 aromatic rings. The van der Waals surface area contributed by atoms with E-state index in [0.29, 0.717) is 19.8 Å². The van der Waals surface area contributed by atoms with E-state index in [9.17, 15) is 5.11 Å².